The summed E-state index contributed by atoms with van der Waals surface area (Å²) in [6.45, 7) is 1.29. The Morgan fingerprint density at radius 1 is 0.386 bits per heavy atom. The number of hydrogen-bond acceptors (Lipinski definition) is 3. The molecule has 3 aromatic heterocycles. The molecule has 11 rings (SSSR count). The van der Waals surface area contributed by atoms with Crippen molar-refractivity contribution in [2.24, 2.45) is 0 Å². The molecule has 0 saturated heterocycles. The molecular formula is C52H35N5. The molecule has 0 fully saturated rings. The predicted octanol–water partition coefficient (Wildman–Crippen LogP) is 13.0. The van der Waals surface area contributed by atoms with Gasteiger partial charge in [0.1, 0.15) is 0 Å². The van der Waals surface area contributed by atoms with Crippen LogP contribution in [0.2, 0.25) is 0 Å². The Kier molecular flexibility index (Phi) is 3.23. The lowest BCUT2D eigenvalue weighted by Crippen LogP contribution is -2.06. The molecule has 5 heteroatoms. The number of nitrogens with zero attached hydrogens (tertiary/aromatic N) is 5. The van der Waals surface area contributed by atoms with Crippen LogP contribution in [-0.2, 0) is 0 Å². The first-order valence-electron chi connectivity index (χ1n) is 32.7. The van der Waals surface area contributed by atoms with E-state index in [0.717, 1.165) is 9.13 Å². The molecule has 0 N–H and O–H groups in total. The molecule has 0 radical (unpaired) electrons. The van der Waals surface area contributed by atoms with Crippen LogP contribution in [0.15, 0.2) is 193 Å². The van der Waals surface area contributed by atoms with Crippen LogP contribution in [0.4, 0.5) is 0 Å². The molecule has 0 aliphatic rings. The zero-order valence-corrected chi connectivity index (χ0v) is 28.7. The van der Waals surface area contributed by atoms with E-state index < -0.39 is 288 Å². The lowest BCUT2D eigenvalue weighted by Gasteiger charge is -2.13. The molecule has 5 nitrogen and oxygen atoms in total. The molecule has 57 heavy (non-hydrogen) atoms. The van der Waals surface area contributed by atoms with Crippen LogP contribution in [0.3, 0.4) is 0 Å². The third-order valence-electron chi connectivity index (χ3n) is 8.91. The van der Waals surface area contributed by atoms with Gasteiger partial charge in [-0.25, -0.2) is 4.98 Å². The molecule has 0 unspecified atom stereocenters. The van der Waals surface area contributed by atoms with Crippen LogP contribution in [0.5, 0.6) is 0 Å². The van der Waals surface area contributed by atoms with Gasteiger partial charge >= 0.3 is 0 Å². The Balaban J connectivity index is 1.36. The van der Waals surface area contributed by atoms with Crippen molar-refractivity contribution in [2.75, 3.05) is 0 Å². The standard InChI is InChI=1S/C52H35N5/c1-34-48-43-22-12-14-24-46(43)57(52-54-50(39-19-9-4-10-20-39)53-51(55-52)40-27-25-37(26-28-40)35-15-5-2-6-16-35)47(48)33-44-42-21-11-13-23-45(42)56(49(34)44)41-31-29-38(30-32-41)36-17-7-3-8-18-36/h2-33H,1H3/i2D,3D,4D,5D,6D,7D,8D,9D,10D,11D,12D,13D,14D,15D,16D,17D,18D,19D,20D,21D,22D,23D,24D,25D,26D,27D,28D,29D,30D,31D,32D,33D. The maximum absolute atomic E-state index is 10.3. The van der Waals surface area contributed by atoms with E-state index in [1.807, 2.05) is 0 Å². The Morgan fingerprint density at radius 2 is 0.825 bits per heavy atom. The second kappa shape index (κ2) is 13.3. The Hall–Kier alpha value is -7.63. The Morgan fingerprint density at radius 3 is 1.42 bits per heavy atom. The predicted molar refractivity (Wildman–Crippen MR) is 235 cm³/mol. The molecule has 11 aromatic rings. The number of benzene rings is 8. The van der Waals surface area contributed by atoms with Gasteiger partial charge in [0, 0.05) is 38.4 Å². The number of fused-ring (bicyclic) bond motifs is 6. The highest BCUT2D eigenvalue weighted by Gasteiger charge is 2.23. The van der Waals surface area contributed by atoms with E-state index in [4.69, 9.17) is 26.0 Å². The zero-order valence-electron chi connectivity index (χ0n) is 60.7. The fourth-order valence-corrected chi connectivity index (χ4v) is 6.51. The van der Waals surface area contributed by atoms with E-state index in [1.54, 1.807) is 0 Å². The lowest BCUT2D eigenvalue weighted by atomic mass is 10.0. The van der Waals surface area contributed by atoms with Crippen molar-refractivity contribution < 1.29 is 43.9 Å². The van der Waals surface area contributed by atoms with Gasteiger partial charge in [-0.1, -0.05) is 163 Å². The summed E-state index contributed by atoms with van der Waals surface area (Å²) in [6, 6.07) is -29.7. The summed E-state index contributed by atoms with van der Waals surface area (Å²) >= 11 is 0. The molecule has 3 heterocycles. The molecule has 8 aromatic carbocycles. The second-order valence-electron chi connectivity index (χ2n) is 12.1. The third kappa shape index (κ3) is 5.43. The third-order valence-corrected chi connectivity index (χ3v) is 8.91. The Labute approximate surface area is 374 Å². The fraction of sp³-hybridized carbons (Fsp3) is 0.0192. The molecular weight excluding hydrogens is 695 g/mol. The minimum Gasteiger partial charge on any atom is -0.309 e. The van der Waals surface area contributed by atoms with Gasteiger partial charge in [0.25, 0.3) is 0 Å². The number of hydrogen-bond donors (Lipinski definition) is 0. The van der Waals surface area contributed by atoms with Crippen LogP contribution in [0.1, 0.15) is 49.4 Å². The fourth-order valence-electron chi connectivity index (χ4n) is 6.51. The van der Waals surface area contributed by atoms with Crippen molar-refractivity contribution >= 4 is 43.6 Å². The highest BCUT2D eigenvalue weighted by atomic mass is 15.2. The van der Waals surface area contributed by atoms with Crippen molar-refractivity contribution in [3.8, 4) is 56.7 Å². The summed E-state index contributed by atoms with van der Waals surface area (Å²) in [7, 11) is 0. The first-order chi connectivity index (χ1) is 41.5. The van der Waals surface area contributed by atoms with Gasteiger partial charge in [0.15, 0.2) is 11.6 Å². The van der Waals surface area contributed by atoms with E-state index >= 15 is 0 Å². The SMILES string of the molecule is [2H]c1c([2H])c([2H])c(-c2nc(-c3c([2H])c([2H])c(-c4c([2H])c([2H])c([2H])c([2H])c4[2H])c([2H])c3[2H])nc(-n3c4c([2H])c([2H])c([2H])c([2H])c4c4c(C)c5c(c([2H])c43)c3c([2H])c([2H])c([2H])c([2H])c3n5-c3c([2H])c([2H])c(-c4c([2H])c([2H])c([2H])c([2H])c4[2H])c([2H])c3[2H])n2)c([2H])c1[2H]. The summed E-state index contributed by atoms with van der Waals surface area (Å²) in [5.74, 6) is -2.73. The van der Waals surface area contributed by atoms with Gasteiger partial charge < -0.3 is 4.57 Å². The first-order valence-corrected chi connectivity index (χ1v) is 16.7. The highest BCUT2D eigenvalue weighted by molar-refractivity contribution is 6.21. The van der Waals surface area contributed by atoms with Crippen molar-refractivity contribution in [1.82, 2.24) is 24.1 Å². The van der Waals surface area contributed by atoms with Crippen molar-refractivity contribution in [2.45, 2.75) is 6.92 Å². The van der Waals surface area contributed by atoms with Crippen LogP contribution in [-0.4, -0.2) is 24.1 Å². The number of rotatable bonds is 6. The van der Waals surface area contributed by atoms with E-state index in [9.17, 15) is 17.8 Å². The van der Waals surface area contributed by atoms with Gasteiger partial charge in [-0.3, -0.25) is 4.57 Å². The number of para-hydroxylation sites is 2. The lowest BCUT2D eigenvalue weighted by molar-refractivity contribution is 0.953. The van der Waals surface area contributed by atoms with E-state index in [-0.39, 0.29) is 10.9 Å². The molecule has 268 valence electrons. The average molecular weight is 762 g/mol. The molecule has 0 bridgehead atoms. The molecule has 0 aliphatic carbocycles. The van der Waals surface area contributed by atoms with Crippen molar-refractivity contribution in [3.05, 3.63) is 199 Å². The molecule has 0 amide bonds. The van der Waals surface area contributed by atoms with E-state index in [2.05, 4.69) is 15.0 Å². The maximum atomic E-state index is 10.3. The maximum Gasteiger partial charge on any atom is 0.238 e. The summed E-state index contributed by atoms with van der Waals surface area (Å²) in [5, 5.41) is -1.87. The zero-order chi connectivity index (χ0) is 65.7. The van der Waals surface area contributed by atoms with Crippen molar-refractivity contribution in [3.63, 3.8) is 0 Å². The molecule has 0 aliphatic heterocycles. The molecule has 0 saturated carbocycles. The highest BCUT2D eigenvalue weighted by Crippen LogP contribution is 2.42. The van der Waals surface area contributed by atoms with Gasteiger partial charge in [0.2, 0.25) is 5.95 Å². The van der Waals surface area contributed by atoms with Crippen LogP contribution in [0.25, 0.3) is 100 Å². The summed E-state index contributed by atoms with van der Waals surface area (Å²) in [6.07, 6.45) is 0. The minimum atomic E-state index is -1.06. The van der Waals surface area contributed by atoms with Crippen LogP contribution < -0.4 is 0 Å². The Bertz CT molecular complexity index is 5040. The second-order valence-corrected chi connectivity index (χ2v) is 12.1. The van der Waals surface area contributed by atoms with Crippen LogP contribution in [0, 0.1) is 6.92 Å². The van der Waals surface area contributed by atoms with E-state index in [0.29, 0.717) is 0 Å². The van der Waals surface area contributed by atoms with E-state index in [1.165, 1.54) is 6.92 Å². The smallest absolute Gasteiger partial charge is 0.238 e. The minimum absolute atomic E-state index is 0.220. The summed E-state index contributed by atoms with van der Waals surface area (Å²) in [4.78, 5) is 13.4. The normalized spacial score (nSPS) is 19.5. The molecule has 0 spiro atoms. The van der Waals surface area contributed by atoms with Gasteiger partial charge in [-0.2, -0.15) is 9.97 Å². The van der Waals surface area contributed by atoms with Gasteiger partial charge in [0.05, 0.1) is 65.9 Å². The van der Waals surface area contributed by atoms with Gasteiger partial charge in [-0.05, 0) is 65.0 Å². The van der Waals surface area contributed by atoms with Crippen LogP contribution >= 0.6 is 0 Å². The largest absolute Gasteiger partial charge is 0.309 e. The summed E-state index contributed by atoms with van der Waals surface area (Å²) in [5.41, 5.74) is -7.83. The quantitative estimate of drug-likeness (QED) is 0.170. The summed E-state index contributed by atoms with van der Waals surface area (Å²) < 4.78 is 288. The topological polar surface area (TPSA) is 48.5 Å². The average Bonchev–Trinajstić information content (AvgIpc) is 1.53. The van der Waals surface area contributed by atoms with Crippen molar-refractivity contribution in [1.29, 1.82) is 0 Å². The number of aromatic nitrogens is 5. The molecule has 0 atom stereocenters. The first kappa shape index (κ1) is 13.8. The van der Waals surface area contributed by atoms with Gasteiger partial charge in [-0.15, -0.1) is 0 Å². The monoisotopic (exact) mass is 761 g/mol. The number of aryl methyl sites for hydroxylation is 1.